The Bertz CT molecular complexity index is 907. The minimum absolute atomic E-state index is 0.275. The van der Waals surface area contributed by atoms with Crippen LogP contribution in [-0.4, -0.2) is 12.8 Å². The first-order valence-corrected chi connectivity index (χ1v) is 8.21. The standard InChI is InChI=1S/C19H16BrFN2O/c1-12(22-23-14-9-7-13(21)8-10-14)17-11-18(24-2)15-5-3-4-6-16(15)19(17)20/h3-11,23H,1-2H3. The summed E-state index contributed by atoms with van der Waals surface area (Å²) in [7, 11) is 1.66. The van der Waals surface area contributed by atoms with E-state index in [0.717, 1.165) is 38.0 Å². The molecule has 0 aliphatic carbocycles. The number of halogens is 2. The third-order valence-corrected chi connectivity index (χ3v) is 4.60. The number of hydrazone groups is 1. The van der Waals surface area contributed by atoms with Crippen LogP contribution >= 0.6 is 15.9 Å². The summed E-state index contributed by atoms with van der Waals surface area (Å²) in [4.78, 5) is 0. The number of ether oxygens (including phenoxy) is 1. The van der Waals surface area contributed by atoms with Gasteiger partial charge in [-0.15, -0.1) is 0 Å². The molecule has 0 fully saturated rings. The Labute approximate surface area is 148 Å². The molecule has 3 rings (SSSR count). The van der Waals surface area contributed by atoms with E-state index in [1.807, 2.05) is 37.3 Å². The maximum absolute atomic E-state index is 13.0. The molecule has 0 aromatic heterocycles. The van der Waals surface area contributed by atoms with Crippen molar-refractivity contribution >= 4 is 38.1 Å². The van der Waals surface area contributed by atoms with Crippen LogP contribution in [0, 0.1) is 5.82 Å². The lowest BCUT2D eigenvalue weighted by atomic mass is 10.0. The van der Waals surface area contributed by atoms with E-state index < -0.39 is 0 Å². The van der Waals surface area contributed by atoms with Crippen molar-refractivity contribution in [3.8, 4) is 5.75 Å². The van der Waals surface area contributed by atoms with Gasteiger partial charge in [0, 0.05) is 20.8 Å². The van der Waals surface area contributed by atoms with Gasteiger partial charge in [0.15, 0.2) is 0 Å². The second kappa shape index (κ2) is 7.01. The molecule has 3 nitrogen and oxygen atoms in total. The van der Waals surface area contributed by atoms with Gasteiger partial charge in [-0.25, -0.2) is 4.39 Å². The highest BCUT2D eigenvalue weighted by atomic mass is 79.9. The van der Waals surface area contributed by atoms with Gasteiger partial charge in [0.25, 0.3) is 0 Å². The maximum atomic E-state index is 13.0. The quantitative estimate of drug-likeness (QED) is 0.468. The number of nitrogens with one attached hydrogen (secondary N) is 1. The lowest BCUT2D eigenvalue weighted by molar-refractivity contribution is 0.419. The van der Waals surface area contributed by atoms with Gasteiger partial charge in [0.2, 0.25) is 0 Å². The fourth-order valence-corrected chi connectivity index (χ4v) is 3.22. The first-order chi connectivity index (χ1) is 11.6. The Morgan fingerprint density at radius 1 is 1.08 bits per heavy atom. The van der Waals surface area contributed by atoms with Crippen molar-refractivity contribution in [1.29, 1.82) is 0 Å². The molecule has 0 amide bonds. The molecular formula is C19H16BrFN2O. The van der Waals surface area contributed by atoms with Gasteiger partial charge in [-0.1, -0.05) is 24.3 Å². The average molecular weight is 387 g/mol. The third-order valence-electron chi connectivity index (χ3n) is 3.75. The Kier molecular flexibility index (Phi) is 4.81. The highest BCUT2D eigenvalue weighted by Gasteiger charge is 2.12. The maximum Gasteiger partial charge on any atom is 0.127 e. The Morgan fingerprint density at radius 3 is 2.42 bits per heavy atom. The third kappa shape index (κ3) is 3.26. The van der Waals surface area contributed by atoms with Crippen LogP contribution in [0.25, 0.3) is 10.8 Å². The summed E-state index contributed by atoms with van der Waals surface area (Å²) >= 11 is 3.67. The summed E-state index contributed by atoms with van der Waals surface area (Å²) in [5.74, 6) is 0.517. The lowest BCUT2D eigenvalue weighted by Gasteiger charge is -2.12. The van der Waals surface area contributed by atoms with Gasteiger partial charge in [0.1, 0.15) is 11.6 Å². The zero-order valence-corrected chi connectivity index (χ0v) is 14.9. The SMILES string of the molecule is COc1cc(C(C)=NNc2ccc(F)cc2)c(Br)c2ccccc12. The summed E-state index contributed by atoms with van der Waals surface area (Å²) in [6, 6.07) is 16.0. The summed E-state index contributed by atoms with van der Waals surface area (Å²) in [5.41, 5.74) is 5.38. The molecule has 0 atom stereocenters. The normalized spacial score (nSPS) is 11.6. The van der Waals surface area contributed by atoms with Crippen molar-refractivity contribution in [3.05, 3.63) is 70.5 Å². The van der Waals surface area contributed by atoms with E-state index in [9.17, 15) is 4.39 Å². The second-order valence-corrected chi connectivity index (χ2v) is 6.09. The van der Waals surface area contributed by atoms with Crippen LogP contribution in [0.3, 0.4) is 0 Å². The van der Waals surface area contributed by atoms with E-state index >= 15 is 0 Å². The molecule has 5 heteroatoms. The number of fused-ring (bicyclic) bond motifs is 1. The van der Waals surface area contributed by atoms with Crippen LogP contribution in [0.2, 0.25) is 0 Å². The van der Waals surface area contributed by atoms with E-state index in [4.69, 9.17) is 4.74 Å². The van der Waals surface area contributed by atoms with Crippen LogP contribution in [-0.2, 0) is 0 Å². The number of nitrogens with zero attached hydrogens (tertiary/aromatic N) is 1. The monoisotopic (exact) mass is 386 g/mol. The minimum atomic E-state index is -0.275. The smallest absolute Gasteiger partial charge is 0.127 e. The molecule has 0 unspecified atom stereocenters. The molecule has 3 aromatic carbocycles. The van der Waals surface area contributed by atoms with Crippen LogP contribution in [0.5, 0.6) is 5.75 Å². The average Bonchev–Trinajstić information content (AvgIpc) is 2.61. The van der Waals surface area contributed by atoms with Gasteiger partial charge >= 0.3 is 0 Å². The number of hydrogen-bond acceptors (Lipinski definition) is 3. The highest BCUT2D eigenvalue weighted by Crippen LogP contribution is 2.35. The number of hydrogen-bond donors (Lipinski definition) is 1. The van der Waals surface area contributed by atoms with Crippen LogP contribution in [0.15, 0.2) is 64.2 Å². The van der Waals surface area contributed by atoms with Crippen molar-refractivity contribution < 1.29 is 9.13 Å². The number of anilines is 1. The molecule has 0 spiro atoms. The summed E-state index contributed by atoms with van der Waals surface area (Å²) < 4.78 is 19.4. The Balaban J connectivity index is 2.00. The molecular weight excluding hydrogens is 371 g/mol. The Hall–Kier alpha value is -2.40. The van der Waals surface area contributed by atoms with E-state index in [1.54, 1.807) is 19.2 Å². The first kappa shape index (κ1) is 16.5. The van der Waals surface area contributed by atoms with Crippen LogP contribution in [0.1, 0.15) is 12.5 Å². The summed E-state index contributed by atoms with van der Waals surface area (Å²) in [6.07, 6.45) is 0. The number of benzene rings is 3. The van der Waals surface area contributed by atoms with E-state index in [1.165, 1.54) is 12.1 Å². The number of rotatable bonds is 4. The Morgan fingerprint density at radius 2 is 1.75 bits per heavy atom. The molecule has 0 heterocycles. The molecule has 122 valence electrons. The van der Waals surface area contributed by atoms with Crippen molar-refractivity contribution in [2.45, 2.75) is 6.92 Å². The lowest BCUT2D eigenvalue weighted by Crippen LogP contribution is -2.02. The van der Waals surface area contributed by atoms with Crippen LogP contribution < -0.4 is 10.2 Å². The minimum Gasteiger partial charge on any atom is -0.496 e. The number of methoxy groups -OCH3 is 1. The van der Waals surface area contributed by atoms with Crippen molar-refractivity contribution in [2.75, 3.05) is 12.5 Å². The molecule has 0 aliphatic heterocycles. The molecule has 0 saturated carbocycles. The summed E-state index contributed by atoms with van der Waals surface area (Å²) in [6.45, 7) is 1.91. The fraction of sp³-hybridized carbons (Fsp3) is 0.105. The van der Waals surface area contributed by atoms with Crippen molar-refractivity contribution in [3.63, 3.8) is 0 Å². The van der Waals surface area contributed by atoms with Crippen molar-refractivity contribution in [1.82, 2.24) is 0 Å². The van der Waals surface area contributed by atoms with E-state index in [2.05, 4.69) is 26.5 Å². The molecule has 0 aliphatic rings. The predicted octanol–water partition coefficient (Wildman–Crippen LogP) is 5.59. The van der Waals surface area contributed by atoms with Gasteiger partial charge in [0.05, 0.1) is 18.5 Å². The predicted molar refractivity (Wildman–Crippen MR) is 100 cm³/mol. The zero-order valence-electron chi connectivity index (χ0n) is 13.3. The topological polar surface area (TPSA) is 33.6 Å². The first-order valence-electron chi connectivity index (χ1n) is 7.41. The van der Waals surface area contributed by atoms with Crippen LogP contribution in [0.4, 0.5) is 10.1 Å². The molecule has 24 heavy (non-hydrogen) atoms. The highest BCUT2D eigenvalue weighted by molar-refractivity contribution is 9.10. The molecule has 1 N–H and O–H groups in total. The largest absolute Gasteiger partial charge is 0.496 e. The zero-order chi connectivity index (χ0) is 17.1. The van der Waals surface area contributed by atoms with Crippen molar-refractivity contribution in [2.24, 2.45) is 5.10 Å². The van der Waals surface area contributed by atoms with Gasteiger partial charge < -0.3 is 4.74 Å². The van der Waals surface area contributed by atoms with Gasteiger partial charge in [-0.05, 0) is 53.2 Å². The second-order valence-electron chi connectivity index (χ2n) is 5.30. The van der Waals surface area contributed by atoms with Gasteiger partial charge in [-0.3, -0.25) is 5.43 Å². The molecule has 0 bridgehead atoms. The van der Waals surface area contributed by atoms with Gasteiger partial charge in [-0.2, -0.15) is 5.10 Å². The molecule has 0 radical (unpaired) electrons. The van der Waals surface area contributed by atoms with E-state index in [-0.39, 0.29) is 5.82 Å². The molecule has 3 aromatic rings. The summed E-state index contributed by atoms with van der Waals surface area (Å²) in [5, 5.41) is 6.49. The van der Waals surface area contributed by atoms with E-state index in [0.29, 0.717) is 0 Å². The molecule has 0 saturated heterocycles. The fourth-order valence-electron chi connectivity index (χ4n) is 2.47.